The molecule has 1 aromatic heterocycles. The van der Waals surface area contributed by atoms with Gasteiger partial charge < -0.3 is 14.4 Å². The Balaban J connectivity index is 1.72. The van der Waals surface area contributed by atoms with Crippen molar-refractivity contribution < 1.29 is 14.3 Å². The highest BCUT2D eigenvalue weighted by Crippen LogP contribution is 2.33. The minimum atomic E-state index is 0.263. The molecule has 2 heterocycles. The standard InChI is InChI=1S/C17H20N2O3S/c1-21-12-5-6-13(15(10-12)22-2)14-11-23-16(18-14)7-9-19-8-3-4-17(19)20/h5-6,10-11H,3-4,7-9H2,1-2H3. The first-order valence-corrected chi connectivity index (χ1v) is 8.54. The Kier molecular flexibility index (Phi) is 4.81. The van der Waals surface area contributed by atoms with E-state index in [9.17, 15) is 4.79 Å². The maximum Gasteiger partial charge on any atom is 0.222 e. The fraction of sp³-hybridized carbons (Fsp3) is 0.412. The lowest BCUT2D eigenvalue weighted by Gasteiger charge is -2.13. The minimum absolute atomic E-state index is 0.263. The molecule has 0 radical (unpaired) electrons. The molecular formula is C17H20N2O3S. The molecule has 0 bridgehead atoms. The van der Waals surface area contributed by atoms with Gasteiger partial charge in [-0.25, -0.2) is 4.98 Å². The molecule has 3 rings (SSSR count). The van der Waals surface area contributed by atoms with Gasteiger partial charge in [0.15, 0.2) is 0 Å². The van der Waals surface area contributed by atoms with Gasteiger partial charge in [0.05, 0.1) is 24.9 Å². The summed E-state index contributed by atoms with van der Waals surface area (Å²) >= 11 is 1.62. The first kappa shape index (κ1) is 15.8. The first-order valence-electron chi connectivity index (χ1n) is 7.66. The Labute approximate surface area is 139 Å². The van der Waals surface area contributed by atoms with Gasteiger partial charge in [-0.05, 0) is 18.6 Å². The summed E-state index contributed by atoms with van der Waals surface area (Å²) in [5.41, 5.74) is 1.85. The Morgan fingerprint density at radius 3 is 2.87 bits per heavy atom. The van der Waals surface area contributed by atoms with Gasteiger partial charge in [-0.1, -0.05) is 0 Å². The average molecular weight is 332 g/mol. The van der Waals surface area contributed by atoms with E-state index in [4.69, 9.17) is 14.5 Å². The first-order chi connectivity index (χ1) is 11.2. The number of benzene rings is 1. The van der Waals surface area contributed by atoms with Crippen molar-refractivity contribution in [2.24, 2.45) is 0 Å². The van der Waals surface area contributed by atoms with Crippen molar-refractivity contribution in [1.82, 2.24) is 9.88 Å². The molecule has 0 aliphatic carbocycles. The zero-order chi connectivity index (χ0) is 16.2. The zero-order valence-electron chi connectivity index (χ0n) is 13.4. The molecule has 1 aliphatic heterocycles. The number of aromatic nitrogens is 1. The number of nitrogens with zero attached hydrogens (tertiary/aromatic N) is 2. The molecular weight excluding hydrogens is 312 g/mol. The lowest BCUT2D eigenvalue weighted by molar-refractivity contribution is -0.127. The molecule has 0 spiro atoms. The molecule has 0 unspecified atom stereocenters. The van der Waals surface area contributed by atoms with Crippen molar-refractivity contribution in [1.29, 1.82) is 0 Å². The number of carbonyl (C=O) groups excluding carboxylic acids is 1. The lowest BCUT2D eigenvalue weighted by Crippen LogP contribution is -2.26. The number of thiazole rings is 1. The van der Waals surface area contributed by atoms with Crippen LogP contribution in [-0.2, 0) is 11.2 Å². The van der Waals surface area contributed by atoms with Gasteiger partial charge in [-0.3, -0.25) is 4.79 Å². The molecule has 1 fully saturated rings. The lowest BCUT2D eigenvalue weighted by atomic mass is 10.1. The smallest absolute Gasteiger partial charge is 0.222 e. The molecule has 0 saturated carbocycles. The number of hydrogen-bond acceptors (Lipinski definition) is 5. The van der Waals surface area contributed by atoms with Crippen LogP contribution in [0.4, 0.5) is 0 Å². The predicted octanol–water partition coefficient (Wildman–Crippen LogP) is 2.99. The Hall–Kier alpha value is -2.08. The van der Waals surface area contributed by atoms with Crippen LogP contribution in [0.2, 0.25) is 0 Å². The Morgan fingerprint density at radius 1 is 1.30 bits per heavy atom. The molecule has 23 heavy (non-hydrogen) atoms. The van der Waals surface area contributed by atoms with Gasteiger partial charge in [0.1, 0.15) is 11.5 Å². The summed E-state index contributed by atoms with van der Waals surface area (Å²) in [6, 6.07) is 5.72. The number of methoxy groups -OCH3 is 2. The van der Waals surface area contributed by atoms with Crippen molar-refractivity contribution in [3.8, 4) is 22.8 Å². The summed E-state index contributed by atoms with van der Waals surface area (Å²) < 4.78 is 10.7. The molecule has 1 amide bonds. The van der Waals surface area contributed by atoms with Gasteiger partial charge in [0.25, 0.3) is 0 Å². The van der Waals surface area contributed by atoms with Crippen LogP contribution in [0.3, 0.4) is 0 Å². The number of rotatable bonds is 6. The number of ether oxygens (including phenoxy) is 2. The highest BCUT2D eigenvalue weighted by atomic mass is 32.1. The summed E-state index contributed by atoms with van der Waals surface area (Å²) in [5.74, 6) is 1.77. The SMILES string of the molecule is COc1ccc(-c2csc(CCN3CCCC3=O)n2)c(OC)c1. The third kappa shape index (κ3) is 3.47. The van der Waals surface area contributed by atoms with Crippen LogP contribution >= 0.6 is 11.3 Å². The van der Waals surface area contributed by atoms with E-state index in [-0.39, 0.29) is 5.91 Å². The van der Waals surface area contributed by atoms with Crippen LogP contribution in [0.1, 0.15) is 17.8 Å². The summed E-state index contributed by atoms with van der Waals surface area (Å²) in [4.78, 5) is 18.3. The zero-order valence-corrected chi connectivity index (χ0v) is 14.2. The third-order valence-corrected chi connectivity index (χ3v) is 4.91. The minimum Gasteiger partial charge on any atom is -0.497 e. The van der Waals surface area contributed by atoms with Crippen LogP contribution in [0, 0.1) is 0 Å². The summed E-state index contributed by atoms with van der Waals surface area (Å²) in [6.45, 7) is 1.63. The topological polar surface area (TPSA) is 51.7 Å². The van der Waals surface area contributed by atoms with Crippen LogP contribution in [0.15, 0.2) is 23.6 Å². The molecule has 0 N–H and O–H groups in total. The van der Waals surface area contributed by atoms with Crippen molar-refractivity contribution in [2.75, 3.05) is 27.3 Å². The Morgan fingerprint density at radius 2 is 2.17 bits per heavy atom. The second-order valence-corrected chi connectivity index (χ2v) is 6.37. The maximum atomic E-state index is 11.6. The van der Waals surface area contributed by atoms with E-state index in [1.807, 2.05) is 28.5 Å². The second-order valence-electron chi connectivity index (χ2n) is 5.43. The van der Waals surface area contributed by atoms with Crippen molar-refractivity contribution in [3.05, 3.63) is 28.6 Å². The van der Waals surface area contributed by atoms with Gasteiger partial charge in [-0.2, -0.15) is 0 Å². The van der Waals surface area contributed by atoms with Crippen molar-refractivity contribution in [3.63, 3.8) is 0 Å². The van der Waals surface area contributed by atoms with E-state index in [0.717, 1.165) is 53.7 Å². The van der Waals surface area contributed by atoms with Gasteiger partial charge in [-0.15, -0.1) is 11.3 Å². The number of likely N-dealkylation sites (tertiary alicyclic amines) is 1. The maximum absolute atomic E-state index is 11.6. The fourth-order valence-electron chi connectivity index (χ4n) is 2.73. The summed E-state index contributed by atoms with van der Waals surface area (Å²) in [5, 5.41) is 3.07. The summed E-state index contributed by atoms with van der Waals surface area (Å²) in [6.07, 6.45) is 2.46. The molecule has 1 aromatic carbocycles. The molecule has 2 aromatic rings. The number of hydrogen-bond donors (Lipinski definition) is 0. The van der Waals surface area contributed by atoms with E-state index >= 15 is 0 Å². The van der Waals surface area contributed by atoms with Gasteiger partial charge in [0.2, 0.25) is 5.91 Å². The van der Waals surface area contributed by atoms with Gasteiger partial charge in [0, 0.05) is 42.9 Å². The predicted molar refractivity (Wildman–Crippen MR) is 90.2 cm³/mol. The molecule has 0 atom stereocenters. The van der Waals surface area contributed by atoms with Crippen LogP contribution in [0.25, 0.3) is 11.3 Å². The van der Waals surface area contributed by atoms with Crippen LogP contribution in [-0.4, -0.2) is 43.1 Å². The highest BCUT2D eigenvalue weighted by Gasteiger charge is 2.20. The molecule has 5 nitrogen and oxygen atoms in total. The normalized spacial score (nSPS) is 14.3. The number of carbonyl (C=O) groups is 1. The quantitative estimate of drug-likeness (QED) is 0.816. The highest BCUT2D eigenvalue weighted by molar-refractivity contribution is 7.09. The van der Waals surface area contributed by atoms with E-state index in [0.29, 0.717) is 6.42 Å². The van der Waals surface area contributed by atoms with E-state index in [1.54, 1.807) is 25.6 Å². The second kappa shape index (κ2) is 7.00. The fourth-order valence-corrected chi connectivity index (χ4v) is 3.52. The van der Waals surface area contributed by atoms with E-state index < -0.39 is 0 Å². The average Bonchev–Trinajstić information content (AvgIpc) is 3.21. The monoisotopic (exact) mass is 332 g/mol. The van der Waals surface area contributed by atoms with Crippen molar-refractivity contribution in [2.45, 2.75) is 19.3 Å². The third-order valence-electron chi connectivity index (χ3n) is 4.00. The summed E-state index contributed by atoms with van der Waals surface area (Å²) in [7, 11) is 3.28. The van der Waals surface area contributed by atoms with E-state index in [1.165, 1.54) is 0 Å². The molecule has 1 aliphatic rings. The molecule has 1 saturated heterocycles. The number of amides is 1. The van der Waals surface area contributed by atoms with Crippen molar-refractivity contribution >= 4 is 17.2 Å². The molecule has 6 heteroatoms. The van der Waals surface area contributed by atoms with Gasteiger partial charge >= 0.3 is 0 Å². The van der Waals surface area contributed by atoms with E-state index in [2.05, 4.69) is 0 Å². The van der Waals surface area contributed by atoms with Crippen LogP contribution < -0.4 is 9.47 Å². The Bertz CT molecular complexity index is 699. The molecule has 122 valence electrons. The largest absolute Gasteiger partial charge is 0.497 e. The van der Waals surface area contributed by atoms with Crippen LogP contribution in [0.5, 0.6) is 11.5 Å².